The van der Waals surface area contributed by atoms with Crippen molar-refractivity contribution in [3.05, 3.63) is 69.7 Å². The molecule has 0 saturated carbocycles. The first-order valence-corrected chi connectivity index (χ1v) is 11.5. The van der Waals surface area contributed by atoms with Crippen molar-refractivity contribution in [2.75, 3.05) is 0 Å². The van der Waals surface area contributed by atoms with Gasteiger partial charge in [-0.3, -0.25) is 9.59 Å². The second-order valence-corrected chi connectivity index (χ2v) is 9.55. The second kappa shape index (κ2) is 9.62. The molecular weight excluding hydrogens is 433 g/mol. The molecule has 31 heavy (non-hydrogen) atoms. The molecule has 0 bridgehead atoms. The lowest BCUT2D eigenvalue weighted by atomic mass is 9.67. The minimum absolute atomic E-state index is 0.00304. The molecule has 1 fully saturated rings. The van der Waals surface area contributed by atoms with Crippen LogP contribution < -0.4 is 0 Å². The second-order valence-electron chi connectivity index (χ2n) is 8.68. The first-order valence-electron chi connectivity index (χ1n) is 10.8. The number of likely N-dealkylation sites (tertiary alicyclic amines) is 1. The summed E-state index contributed by atoms with van der Waals surface area (Å²) in [5, 5.41) is 10.9. The Morgan fingerprint density at radius 1 is 1.10 bits per heavy atom. The fourth-order valence-corrected chi connectivity index (χ4v) is 5.29. The predicted octanol–water partition coefficient (Wildman–Crippen LogP) is 6.72. The summed E-state index contributed by atoms with van der Waals surface area (Å²) in [5.74, 6) is -1.15. The number of benzene rings is 2. The Hall–Kier alpha value is -2.04. The molecule has 1 aliphatic rings. The van der Waals surface area contributed by atoms with Gasteiger partial charge in [0.1, 0.15) is 0 Å². The van der Waals surface area contributed by atoms with Crippen molar-refractivity contribution < 1.29 is 14.7 Å². The van der Waals surface area contributed by atoms with Crippen molar-refractivity contribution in [3.63, 3.8) is 0 Å². The zero-order valence-electron chi connectivity index (χ0n) is 18.1. The number of halogens is 2. The first kappa shape index (κ1) is 23.6. The van der Waals surface area contributed by atoms with E-state index in [9.17, 15) is 14.7 Å². The van der Waals surface area contributed by atoms with Gasteiger partial charge in [0.15, 0.2) is 0 Å². The summed E-state index contributed by atoms with van der Waals surface area (Å²) in [6, 6.07) is 15.1. The molecule has 2 aromatic carbocycles. The van der Waals surface area contributed by atoms with Crippen LogP contribution in [0.5, 0.6) is 0 Å². The van der Waals surface area contributed by atoms with Crippen molar-refractivity contribution in [3.8, 4) is 0 Å². The van der Waals surface area contributed by atoms with E-state index in [0.717, 1.165) is 24.0 Å². The molecule has 2 aromatic rings. The Balaban J connectivity index is 2.22. The normalized spacial score (nSPS) is 23.9. The molecule has 4 nitrogen and oxygen atoms in total. The highest BCUT2D eigenvalue weighted by molar-refractivity contribution is 6.30. The lowest BCUT2D eigenvalue weighted by Crippen LogP contribution is -2.55. The average molecular weight is 462 g/mol. The van der Waals surface area contributed by atoms with E-state index in [1.54, 1.807) is 6.92 Å². The number of rotatable bonds is 7. The molecule has 1 amide bonds. The largest absolute Gasteiger partial charge is 0.481 e. The van der Waals surface area contributed by atoms with Gasteiger partial charge in [-0.25, -0.2) is 0 Å². The quantitative estimate of drug-likeness (QED) is 0.497. The van der Waals surface area contributed by atoms with Gasteiger partial charge in [0.25, 0.3) is 0 Å². The third kappa shape index (κ3) is 4.91. The van der Waals surface area contributed by atoms with Gasteiger partial charge in [0.2, 0.25) is 5.91 Å². The maximum absolute atomic E-state index is 13.8. The van der Waals surface area contributed by atoms with E-state index in [1.165, 1.54) is 0 Å². The van der Waals surface area contributed by atoms with E-state index in [0.29, 0.717) is 16.5 Å². The van der Waals surface area contributed by atoms with Crippen LogP contribution in [0.3, 0.4) is 0 Å². The molecule has 0 spiro atoms. The summed E-state index contributed by atoms with van der Waals surface area (Å²) in [6.45, 7) is 5.92. The summed E-state index contributed by atoms with van der Waals surface area (Å²) < 4.78 is 0. The molecule has 6 heteroatoms. The van der Waals surface area contributed by atoms with Crippen LogP contribution in [0.2, 0.25) is 10.0 Å². The summed E-state index contributed by atoms with van der Waals surface area (Å²) in [4.78, 5) is 27.5. The third-order valence-corrected chi connectivity index (χ3v) is 6.95. The van der Waals surface area contributed by atoms with Crippen molar-refractivity contribution in [2.24, 2.45) is 5.41 Å². The van der Waals surface area contributed by atoms with Gasteiger partial charge in [-0.2, -0.15) is 0 Å². The Labute approximate surface area is 194 Å². The maximum atomic E-state index is 13.8. The third-order valence-electron chi connectivity index (χ3n) is 6.47. The van der Waals surface area contributed by atoms with Crippen LogP contribution in [0.4, 0.5) is 0 Å². The van der Waals surface area contributed by atoms with Gasteiger partial charge >= 0.3 is 5.97 Å². The molecule has 3 rings (SSSR count). The molecule has 0 aromatic heterocycles. The van der Waals surface area contributed by atoms with E-state index >= 15 is 0 Å². The van der Waals surface area contributed by atoms with E-state index in [4.69, 9.17) is 23.2 Å². The van der Waals surface area contributed by atoms with Crippen LogP contribution >= 0.6 is 23.2 Å². The van der Waals surface area contributed by atoms with Crippen molar-refractivity contribution in [2.45, 2.75) is 64.5 Å². The highest BCUT2D eigenvalue weighted by atomic mass is 35.5. The number of carboxylic acid groups (broad SMARTS) is 1. The minimum Gasteiger partial charge on any atom is -0.481 e. The van der Waals surface area contributed by atoms with Crippen molar-refractivity contribution in [1.82, 2.24) is 4.90 Å². The van der Waals surface area contributed by atoms with Crippen LogP contribution in [0, 0.1) is 5.41 Å². The fraction of sp³-hybridized carbons (Fsp3) is 0.440. The number of amides is 1. The highest BCUT2D eigenvalue weighted by Crippen LogP contribution is 2.52. The molecule has 1 saturated heterocycles. The predicted molar refractivity (Wildman–Crippen MR) is 125 cm³/mol. The van der Waals surface area contributed by atoms with E-state index < -0.39 is 11.4 Å². The summed E-state index contributed by atoms with van der Waals surface area (Å²) >= 11 is 12.5. The van der Waals surface area contributed by atoms with E-state index in [2.05, 4.69) is 13.8 Å². The van der Waals surface area contributed by atoms with E-state index in [-0.39, 0.29) is 30.3 Å². The van der Waals surface area contributed by atoms with Crippen LogP contribution in [-0.4, -0.2) is 27.9 Å². The zero-order valence-corrected chi connectivity index (χ0v) is 19.7. The SMILES string of the molecule is CCC(CC)N1C(=O)[C@@](C)(CC(=O)O)C[C@H](c2cccc(Cl)c2)[C@H]1c1ccc(Cl)cc1. The monoisotopic (exact) mass is 461 g/mol. The van der Waals surface area contributed by atoms with Gasteiger partial charge in [-0.1, -0.05) is 68.2 Å². The molecule has 0 radical (unpaired) electrons. The van der Waals surface area contributed by atoms with E-state index in [1.807, 2.05) is 53.4 Å². The molecular formula is C25H29Cl2NO3. The molecule has 3 atom stereocenters. The number of aliphatic carboxylic acids is 1. The molecule has 1 heterocycles. The smallest absolute Gasteiger partial charge is 0.304 e. The first-order chi connectivity index (χ1) is 14.7. The Morgan fingerprint density at radius 3 is 2.29 bits per heavy atom. The van der Waals surface area contributed by atoms with Crippen molar-refractivity contribution >= 4 is 35.1 Å². The number of carbonyl (C=O) groups is 2. The Bertz CT molecular complexity index is 942. The Kier molecular flexibility index (Phi) is 7.33. The summed E-state index contributed by atoms with van der Waals surface area (Å²) in [7, 11) is 0. The number of hydrogen-bond acceptors (Lipinski definition) is 2. The van der Waals surface area contributed by atoms with Crippen LogP contribution in [0.15, 0.2) is 48.5 Å². The standard InChI is InChI=1S/C25H29Cl2NO3/c1-4-20(5-2)28-23(16-9-11-18(26)12-10-16)21(17-7-6-8-19(27)13-17)14-25(3,24(28)31)15-22(29)30/h6-13,20-21,23H,4-5,14-15H2,1-3H3,(H,29,30)/t21-,23-,25-/m1/s1. The average Bonchev–Trinajstić information content (AvgIpc) is 2.72. The highest BCUT2D eigenvalue weighted by Gasteiger charge is 2.51. The van der Waals surface area contributed by atoms with Crippen LogP contribution in [-0.2, 0) is 9.59 Å². The Morgan fingerprint density at radius 2 is 1.74 bits per heavy atom. The molecule has 0 unspecified atom stereocenters. The number of hydrogen-bond donors (Lipinski definition) is 1. The number of carboxylic acids is 1. The molecule has 166 valence electrons. The summed E-state index contributed by atoms with van der Waals surface area (Å²) in [6.07, 6.45) is 1.81. The molecule has 1 N–H and O–H groups in total. The minimum atomic E-state index is -0.996. The number of nitrogens with zero attached hydrogens (tertiary/aromatic N) is 1. The fourth-order valence-electron chi connectivity index (χ4n) is 4.96. The lowest BCUT2D eigenvalue weighted by molar-refractivity contribution is -0.160. The topological polar surface area (TPSA) is 57.6 Å². The molecule has 0 aliphatic carbocycles. The van der Waals surface area contributed by atoms with Gasteiger partial charge in [0.05, 0.1) is 17.9 Å². The maximum Gasteiger partial charge on any atom is 0.304 e. The van der Waals surface area contributed by atoms with Gasteiger partial charge < -0.3 is 10.0 Å². The number of carbonyl (C=O) groups excluding carboxylic acids is 1. The molecule has 1 aliphatic heterocycles. The lowest BCUT2D eigenvalue weighted by Gasteiger charge is -2.51. The van der Waals surface area contributed by atoms with Gasteiger partial charge in [-0.15, -0.1) is 0 Å². The number of piperidine rings is 1. The van der Waals surface area contributed by atoms with Gasteiger partial charge in [-0.05, 0) is 54.7 Å². The zero-order chi connectivity index (χ0) is 22.8. The van der Waals surface area contributed by atoms with Crippen molar-refractivity contribution in [1.29, 1.82) is 0 Å². The summed E-state index contributed by atoms with van der Waals surface area (Å²) in [5.41, 5.74) is 1.00. The van der Waals surface area contributed by atoms with Crippen LogP contribution in [0.1, 0.15) is 69.5 Å². The van der Waals surface area contributed by atoms with Crippen LogP contribution in [0.25, 0.3) is 0 Å². The van der Waals surface area contributed by atoms with Gasteiger partial charge in [0, 0.05) is 22.0 Å².